The van der Waals surface area contributed by atoms with Gasteiger partial charge in [-0.15, -0.1) is 0 Å². The molecule has 0 bridgehead atoms. The Morgan fingerprint density at radius 3 is 2.77 bits per heavy atom. The monoisotopic (exact) mass is 174 g/mol. The van der Waals surface area contributed by atoms with Crippen LogP contribution in [-0.4, -0.2) is 12.4 Å². The Labute approximate surface area is 78.8 Å². The van der Waals surface area contributed by atoms with Crippen molar-refractivity contribution >= 4 is 5.87 Å². The van der Waals surface area contributed by atoms with E-state index in [1.54, 1.807) is 6.08 Å². The summed E-state index contributed by atoms with van der Waals surface area (Å²) in [5.74, 6) is 2.25. The molecule has 0 saturated heterocycles. The number of benzene rings is 1. The van der Waals surface area contributed by atoms with Crippen molar-refractivity contribution in [2.75, 3.05) is 6.54 Å². The van der Waals surface area contributed by atoms with Gasteiger partial charge in [-0.05, 0) is 30.5 Å². The van der Waals surface area contributed by atoms with Crippen molar-refractivity contribution in [3.8, 4) is 0 Å². The largest absolute Gasteiger partial charge is 0.312 e. The normalized spacial score (nSPS) is 9.23. The van der Waals surface area contributed by atoms with Crippen LogP contribution in [0.2, 0.25) is 0 Å². The van der Waals surface area contributed by atoms with E-state index in [1.165, 1.54) is 5.56 Å². The molecule has 0 fully saturated rings. The molecule has 0 amide bonds. The SMILES string of the molecule is N=C=CCCNCc1ccccc1. The van der Waals surface area contributed by atoms with E-state index in [1.807, 2.05) is 18.2 Å². The summed E-state index contributed by atoms with van der Waals surface area (Å²) in [6, 6.07) is 10.3. The predicted molar refractivity (Wildman–Crippen MR) is 55.1 cm³/mol. The van der Waals surface area contributed by atoms with Crippen molar-refractivity contribution < 1.29 is 0 Å². The molecule has 0 aromatic heterocycles. The lowest BCUT2D eigenvalue weighted by Crippen LogP contribution is -2.13. The third-order valence-corrected chi connectivity index (χ3v) is 1.74. The highest BCUT2D eigenvalue weighted by Crippen LogP contribution is 1.96. The lowest BCUT2D eigenvalue weighted by atomic mass is 10.2. The van der Waals surface area contributed by atoms with Gasteiger partial charge in [0, 0.05) is 6.54 Å². The van der Waals surface area contributed by atoms with Gasteiger partial charge in [-0.1, -0.05) is 30.3 Å². The number of hydrogen-bond donors (Lipinski definition) is 2. The van der Waals surface area contributed by atoms with E-state index < -0.39 is 0 Å². The van der Waals surface area contributed by atoms with Crippen LogP contribution >= 0.6 is 0 Å². The van der Waals surface area contributed by atoms with Gasteiger partial charge in [0.25, 0.3) is 0 Å². The summed E-state index contributed by atoms with van der Waals surface area (Å²) in [4.78, 5) is 0. The Morgan fingerprint density at radius 1 is 1.31 bits per heavy atom. The molecule has 2 heteroatoms. The van der Waals surface area contributed by atoms with E-state index in [0.29, 0.717) is 0 Å². The molecule has 1 rings (SSSR count). The maximum atomic E-state index is 6.67. The summed E-state index contributed by atoms with van der Waals surface area (Å²) >= 11 is 0. The van der Waals surface area contributed by atoms with Crippen molar-refractivity contribution in [1.29, 1.82) is 5.41 Å². The minimum atomic E-state index is 0.871. The zero-order valence-corrected chi connectivity index (χ0v) is 7.59. The maximum absolute atomic E-state index is 6.67. The molecule has 68 valence electrons. The molecule has 1 aromatic carbocycles. The average molecular weight is 174 g/mol. The third kappa shape index (κ3) is 4.26. The standard InChI is InChI=1S/C11H14N2/c12-8-4-5-9-13-10-11-6-2-1-3-7-11/h1-4,6-7,12-13H,5,9-10H2. The first-order valence-electron chi connectivity index (χ1n) is 4.42. The fourth-order valence-corrected chi connectivity index (χ4v) is 1.07. The average Bonchev–Trinajstić information content (AvgIpc) is 2.19. The first-order chi connectivity index (χ1) is 6.43. The molecule has 0 atom stereocenters. The summed E-state index contributed by atoms with van der Waals surface area (Å²) < 4.78 is 0. The van der Waals surface area contributed by atoms with Gasteiger partial charge in [0.15, 0.2) is 0 Å². The second-order valence-electron chi connectivity index (χ2n) is 2.80. The molecule has 1 aromatic rings. The van der Waals surface area contributed by atoms with E-state index in [9.17, 15) is 0 Å². The molecule has 0 saturated carbocycles. The predicted octanol–water partition coefficient (Wildman–Crippen LogP) is 1.97. The Morgan fingerprint density at radius 2 is 2.08 bits per heavy atom. The number of hydrogen-bond acceptors (Lipinski definition) is 2. The van der Waals surface area contributed by atoms with Gasteiger partial charge >= 0.3 is 0 Å². The molecule has 0 radical (unpaired) electrons. The molecule has 0 aliphatic rings. The van der Waals surface area contributed by atoms with Gasteiger partial charge in [0.05, 0.1) is 0 Å². The Bertz CT molecular complexity index is 273. The van der Waals surface area contributed by atoms with E-state index >= 15 is 0 Å². The summed E-state index contributed by atoms with van der Waals surface area (Å²) in [7, 11) is 0. The number of nitrogens with one attached hydrogen (secondary N) is 2. The van der Waals surface area contributed by atoms with Crippen molar-refractivity contribution in [3.63, 3.8) is 0 Å². The molecule has 13 heavy (non-hydrogen) atoms. The van der Waals surface area contributed by atoms with Crippen molar-refractivity contribution in [2.24, 2.45) is 0 Å². The van der Waals surface area contributed by atoms with Crippen LogP contribution in [0, 0.1) is 5.41 Å². The van der Waals surface area contributed by atoms with Crippen LogP contribution in [0.3, 0.4) is 0 Å². The molecule has 2 nitrogen and oxygen atoms in total. The van der Waals surface area contributed by atoms with Crippen LogP contribution in [0.25, 0.3) is 0 Å². The van der Waals surface area contributed by atoms with Gasteiger partial charge in [-0.2, -0.15) is 0 Å². The third-order valence-electron chi connectivity index (χ3n) is 1.74. The highest BCUT2D eigenvalue weighted by atomic mass is 14.8. The lowest BCUT2D eigenvalue weighted by Gasteiger charge is -2.01. The molecule has 0 spiro atoms. The summed E-state index contributed by atoms with van der Waals surface area (Å²) in [5, 5.41) is 9.95. The summed E-state index contributed by atoms with van der Waals surface area (Å²) in [5.41, 5.74) is 1.29. The van der Waals surface area contributed by atoms with Gasteiger partial charge < -0.3 is 5.32 Å². The molecular formula is C11H14N2. The van der Waals surface area contributed by atoms with Crippen LogP contribution in [0.4, 0.5) is 0 Å². The summed E-state index contributed by atoms with van der Waals surface area (Å²) in [6.45, 7) is 1.80. The van der Waals surface area contributed by atoms with Crippen LogP contribution in [-0.2, 0) is 6.54 Å². The van der Waals surface area contributed by atoms with E-state index in [0.717, 1.165) is 19.5 Å². The van der Waals surface area contributed by atoms with Gasteiger partial charge in [-0.3, -0.25) is 5.41 Å². The smallest absolute Gasteiger partial charge is 0.0205 e. The zero-order valence-electron chi connectivity index (χ0n) is 7.59. The fraction of sp³-hybridized carbons (Fsp3) is 0.273. The van der Waals surface area contributed by atoms with E-state index in [4.69, 9.17) is 5.41 Å². The lowest BCUT2D eigenvalue weighted by molar-refractivity contribution is 0.696. The topological polar surface area (TPSA) is 35.9 Å². The van der Waals surface area contributed by atoms with Gasteiger partial charge in [0.2, 0.25) is 0 Å². The highest BCUT2D eigenvalue weighted by molar-refractivity contribution is 5.46. The van der Waals surface area contributed by atoms with Gasteiger partial charge in [-0.25, -0.2) is 0 Å². The van der Waals surface area contributed by atoms with E-state index in [2.05, 4.69) is 23.3 Å². The second kappa shape index (κ2) is 6.18. The zero-order chi connectivity index (χ0) is 9.36. The number of rotatable bonds is 5. The molecule has 0 aliphatic carbocycles. The Hall–Kier alpha value is -1.37. The second-order valence-corrected chi connectivity index (χ2v) is 2.80. The minimum absolute atomic E-state index is 0.871. The molecular weight excluding hydrogens is 160 g/mol. The molecule has 0 heterocycles. The van der Waals surface area contributed by atoms with Crippen LogP contribution < -0.4 is 5.32 Å². The summed E-state index contributed by atoms with van der Waals surface area (Å²) in [6.07, 6.45) is 2.59. The van der Waals surface area contributed by atoms with Crippen molar-refractivity contribution in [1.82, 2.24) is 5.32 Å². The quantitative estimate of drug-likeness (QED) is 0.519. The Kier molecular flexibility index (Phi) is 4.62. The van der Waals surface area contributed by atoms with Crippen molar-refractivity contribution in [3.05, 3.63) is 42.0 Å². The van der Waals surface area contributed by atoms with Crippen LogP contribution in [0.5, 0.6) is 0 Å². The van der Waals surface area contributed by atoms with Crippen LogP contribution in [0.15, 0.2) is 36.4 Å². The first kappa shape index (κ1) is 9.72. The fourth-order valence-electron chi connectivity index (χ4n) is 1.07. The maximum Gasteiger partial charge on any atom is 0.0205 e. The minimum Gasteiger partial charge on any atom is -0.312 e. The van der Waals surface area contributed by atoms with Crippen molar-refractivity contribution in [2.45, 2.75) is 13.0 Å². The van der Waals surface area contributed by atoms with Gasteiger partial charge in [0.1, 0.15) is 0 Å². The first-order valence-corrected chi connectivity index (χ1v) is 4.42. The van der Waals surface area contributed by atoms with Crippen LogP contribution in [0.1, 0.15) is 12.0 Å². The van der Waals surface area contributed by atoms with E-state index in [-0.39, 0.29) is 0 Å². The molecule has 2 N–H and O–H groups in total. The highest BCUT2D eigenvalue weighted by Gasteiger charge is 1.88. The molecule has 0 aliphatic heterocycles. The molecule has 0 unspecified atom stereocenters. The Balaban J connectivity index is 2.17.